The smallest absolute Gasteiger partial charge is 0.213 e. The van der Waals surface area contributed by atoms with E-state index in [0.29, 0.717) is 18.4 Å². The third-order valence-electron chi connectivity index (χ3n) is 5.28. The van der Waals surface area contributed by atoms with E-state index in [-0.39, 0.29) is 5.41 Å². The number of oxazole rings is 1. The number of aryl methyl sites for hydroxylation is 1. The maximum absolute atomic E-state index is 6.19. The van der Waals surface area contributed by atoms with Gasteiger partial charge in [-0.2, -0.15) is 0 Å². The predicted molar refractivity (Wildman–Crippen MR) is 120 cm³/mol. The van der Waals surface area contributed by atoms with E-state index in [9.17, 15) is 0 Å². The lowest BCUT2D eigenvalue weighted by Crippen LogP contribution is -2.40. The third-order valence-corrected chi connectivity index (χ3v) is 5.51. The Morgan fingerprint density at radius 2 is 2.14 bits per heavy atom. The van der Waals surface area contributed by atoms with Gasteiger partial charge in [0.05, 0.1) is 12.7 Å². The molecule has 1 aromatic carbocycles. The maximum Gasteiger partial charge on any atom is 0.213 e. The molecule has 1 aromatic heterocycles. The van der Waals surface area contributed by atoms with Gasteiger partial charge in [0, 0.05) is 42.8 Å². The Morgan fingerprint density at radius 1 is 1.34 bits per heavy atom. The number of nitrogens with zero attached hydrogens (tertiary/aromatic N) is 3. The zero-order valence-electron chi connectivity index (χ0n) is 18.1. The molecule has 29 heavy (non-hydrogen) atoms. The molecule has 3 rings (SSSR count). The molecule has 2 heterocycles. The van der Waals surface area contributed by atoms with Crippen LogP contribution < -0.4 is 15.5 Å². The van der Waals surface area contributed by atoms with Gasteiger partial charge in [0.25, 0.3) is 0 Å². The first-order chi connectivity index (χ1) is 13.8. The molecule has 0 bridgehead atoms. The van der Waals surface area contributed by atoms with E-state index < -0.39 is 0 Å². The largest absolute Gasteiger partial charge is 0.443 e. The summed E-state index contributed by atoms with van der Waals surface area (Å²) in [7, 11) is 1.78. The molecule has 0 radical (unpaired) electrons. The topological polar surface area (TPSA) is 65.7 Å². The number of hydrogen-bond donors (Lipinski definition) is 2. The number of nitrogens with one attached hydrogen (secondary N) is 2. The first kappa shape index (κ1) is 21.5. The van der Waals surface area contributed by atoms with E-state index >= 15 is 0 Å². The molecule has 7 heteroatoms. The Labute approximate surface area is 178 Å². The highest BCUT2D eigenvalue weighted by Gasteiger charge is 2.24. The first-order valence-corrected chi connectivity index (χ1v) is 10.5. The van der Waals surface area contributed by atoms with Gasteiger partial charge in [-0.15, -0.1) is 0 Å². The van der Waals surface area contributed by atoms with E-state index in [4.69, 9.17) is 16.0 Å². The van der Waals surface area contributed by atoms with Gasteiger partial charge in [0.1, 0.15) is 5.76 Å². The van der Waals surface area contributed by atoms with Crippen molar-refractivity contribution in [1.29, 1.82) is 0 Å². The molecule has 0 amide bonds. The van der Waals surface area contributed by atoms with Crippen LogP contribution in [0.15, 0.2) is 33.8 Å². The van der Waals surface area contributed by atoms with Crippen molar-refractivity contribution in [2.45, 2.75) is 46.1 Å². The highest BCUT2D eigenvalue weighted by atomic mass is 35.5. The molecular formula is C22H32ClN5O. The minimum Gasteiger partial charge on any atom is -0.443 e. The van der Waals surface area contributed by atoms with Crippen molar-refractivity contribution >= 4 is 23.2 Å². The fourth-order valence-corrected chi connectivity index (χ4v) is 3.67. The number of benzene rings is 1. The van der Waals surface area contributed by atoms with Crippen molar-refractivity contribution in [2.24, 2.45) is 10.9 Å². The van der Waals surface area contributed by atoms with Gasteiger partial charge in [-0.05, 0) is 37.0 Å². The number of anilines is 1. The summed E-state index contributed by atoms with van der Waals surface area (Å²) < 4.78 is 5.83. The van der Waals surface area contributed by atoms with Gasteiger partial charge in [0.15, 0.2) is 5.96 Å². The lowest BCUT2D eigenvalue weighted by molar-refractivity contribution is 0.379. The zero-order chi connectivity index (χ0) is 21.0. The van der Waals surface area contributed by atoms with Crippen LogP contribution in [0.25, 0.3) is 0 Å². The molecule has 1 aliphatic rings. The Kier molecular flexibility index (Phi) is 6.73. The number of aromatic nitrogens is 1. The number of aliphatic imine (C=N–C) groups is 1. The second-order valence-electron chi connectivity index (χ2n) is 8.71. The van der Waals surface area contributed by atoms with Crippen LogP contribution >= 0.6 is 11.6 Å². The first-order valence-electron chi connectivity index (χ1n) is 10.2. The summed E-state index contributed by atoms with van der Waals surface area (Å²) in [6.45, 7) is 11.9. The van der Waals surface area contributed by atoms with Gasteiger partial charge in [0.2, 0.25) is 5.89 Å². The second-order valence-corrected chi connectivity index (χ2v) is 9.14. The van der Waals surface area contributed by atoms with Crippen LogP contribution in [0, 0.1) is 12.8 Å². The van der Waals surface area contributed by atoms with Crippen LogP contribution in [0.4, 0.5) is 5.69 Å². The monoisotopic (exact) mass is 417 g/mol. The summed E-state index contributed by atoms with van der Waals surface area (Å²) in [5.41, 5.74) is 2.46. The van der Waals surface area contributed by atoms with Gasteiger partial charge < -0.3 is 20.0 Å². The molecule has 1 aliphatic heterocycles. The van der Waals surface area contributed by atoms with E-state index in [1.54, 1.807) is 13.2 Å². The lowest BCUT2D eigenvalue weighted by Gasteiger charge is -2.21. The zero-order valence-corrected chi connectivity index (χ0v) is 18.8. The minimum absolute atomic E-state index is 0.0408. The van der Waals surface area contributed by atoms with Crippen LogP contribution in [0.3, 0.4) is 0 Å². The van der Waals surface area contributed by atoms with Crippen molar-refractivity contribution in [2.75, 3.05) is 31.6 Å². The maximum atomic E-state index is 6.19. The van der Waals surface area contributed by atoms with Crippen LogP contribution in [0.1, 0.15) is 44.4 Å². The Hall–Kier alpha value is -2.21. The van der Waals surface area contributed by atoms with Crippen molar-refractivity contribution < 1.29 is 4.42 Å². The highest BCUT2D eigenvalue weighted by molar-refractivity contribution is 6.30. The Bertz CT molecular complexity index is 855. The molecule has 1 atom stereocenters. The van der Waals surface area contributed by atoms with E-state index in [2.05, 4.69) is 65.3 Å². The van der Waals surface area contributed by atoms with Crippen LogP contribution in [0.5, 0.6) is 0 Å². The van der Waals surface area contributed by atoms with Crippen molar-refractivity contribution in [3.63, 3.8) is 0 Å². The summed E-state index contributed by atoms with van der Waals surface area (Å²) >= 11 is 6.19. The molecule has 1 fully saturated rings. The highest BCUT2D eigenvalue weighted by Crippen LogP contribution is 2.29. The van der Waals surface area contributed by atoms with Gasteiger partial charge >= 0.3 is 0 Å². The average molecular weight is 418 g/mol. The minimum atomic E-state index is -0.0408. The molecule has 0 saturated carbocycles. The van der Waals surface area contributed by atoms with Crippen LogP contribution in [0.2, 0.25) is 5.02 Å². The standard InChI is InChI=1S/C22H32ClN5O/c1-15-6-7-17(23)10-18(15)28-9-8-16(14-28)11-26-21(24-5)27-13-20-25-12-19(29-20)22(2,3)4/h6-7,10,12,16H,8-9,11,13-14H2,1-5H3,(H2,24,26,27). The molecule has 2 N–H and O–H groups in total. The number of rotatable bonds is 5. The van der Waals surface area contributed by atoms with Crippen molar-refractivity contribution in [1.82, 2.24) is 15.6 Å². The van der Waals surface area contributed by atoms with E-state index in [1.165, 1.54) is 11.3 Å². The van der Waals surface area contributed by atoms with Crippen molar-refractivity contribution in [3.8, 4) is 0 Å². The molecule has 1 saturated heterocycles. The molecule has 1 unspecified atom stereocenters. The van der Waals surface area contributed by atoms with E-state index in [1.807, 2.05) is 6.07 Å². The molecule has 2 aromatic rings. The predicted octanol–water partition coefficient (Wildman–Crippen LogP) is 4.13. The summed E-state index contributed by atoms with van der Waals surface area (Å²) in [6.07, 6.45) is 2.95. The van der Waals surface area contributed by atoms with Gasteiger partial charge in [-0.25, -0.2) is 4.98 Å². The number of hydrogen-bond acceptors (Lipinski definition) is 4. The van der Waals surface area contributed by atoms with E-state index in [0.717, 1.165) is 42.8 Å². The fraction of sp³-hybridized carbons (Fsp3) is 0.545. The normalized spacial score (nSPS) is 17.7. The Balaban J connectivity index is 1.48. The lowest BCUT2D eigenvalue weighted by atomic mass is 9.94. The summed E-state index contributed by atoms with van der Waals surface area (Å²) in [5.74, 6) is 2.88. The average Bonchev–Trinajstić information content (AvgIpc) is 3.33. The second kappa shape index (κ2) is 9.08. The number of guanidine groups is 1. The third kappa shape index (κ3) is 5.66. The molecule has 0 aliphatic carbocycles. The summed E-state index contributed by atoms with van der Waals surface area (Å²) in [4.78, 5) is 11.1. The van der Waals surface area contributed by atoms with Crippen LogP contribution in [-0.4, -0.2) is 37.6 Å². The molecule has 158 valence electrons. The quantitative estimate of drug-likeness (QED) is 0.565. The van der Waals surface area contributed by atoms with Gasteiger partial charge in [-0.3, -0.25) is 4.99 Å². The summed E-state index contributed by atoms with van der Waals surface area (Å²) in [6, 6.07) is 6.10. The Morgan fingerprint density at radius 3 is 2.83 bits per heavy atom. The molecule has 0 spiro atoms. The number of halogens is 1. The van der Waals surface area contributed by atoms with Crippen LogP contribution in [-0.2, 0) is 12.0 Å². The fourth-order valence-electron chi connectivity index (χ4n) is 3.50. The SMILES string of the molecule is CN=C(NCc1ncc(C(C)(C)C)o1)NCC1CCN(c2cc(Cl)ccc2C)C1. The van der Waals surface area contributed by atoms with Crippen molar-refractivity contribution in [3.05, 3.63) is 46.6 Å². The molecular weight excluding hydrogens is 386 g/mol. The summed E-state index contributed by atoms with van der Waals surface area (Å²) in [5, 5.41) is 7.51. The molecule has 6 nitrogen and oxygen atoms in total. The van der Waals surface area contributed by atoms with Gasteiger partial charge in [-0.1, -0.05) is 38.4 Å².